The third-order valence-electron chi connectivity index (χ3n) is 7.03. The van der Waals surface area contributed by atoms with Gasteiger partial charge in [-0.25, -0.2) is 4.98 Å². The summed E-state index contributed by atoms with van der Waals surface area (Å²) < 4.78 is 0. The van der Waals surface area contributed by atoms with Crippen molar-refractivity contribution in [3.05, 3.63) is 53.2 Å². The van der Waals surface area contributed by atoms with Crippen molar-refractivity contribution in [2.24, 2.45) is 11.8 Å². The van der Waals surface area contributed by atoms with Gasteiger partial charge in [-0.05, 0) is 73.1 Å². The topological polar surface area (TPSA) is 40.2 Å². The molecule has 1 aliphatic heterocycles. The number of anilines is 2. The monoisotopic (exact) mass is 470 g/mol. The van der Waals surface area contributed by atoms with Gasteiger partial charge in [-0.2, -0.15) is 0 Å². The lowest BCUT2D eigenvalue weighted by Crippen LogP contribution is -2.43. The van der Waals surface area contributed by atoms with Crippen LogP contribution in [0.25, 0.3) is 0 Å². The van der Waals surface area contributed by atoms with Gasteiger partial charge in [0.15, 0.2) is 5.11 Å². The molecule has 1 aromatic carbocycles. The number of hydrogen-bond acceptors (Lipinski definition) is 3. The lowest BCUT2D eigenvalue weighted by Gasteiger charge is -2.38. The first-order valence-corrected chi connectivity index (χ1v) is 12.7. The Morgan fingerprint density at radius 1 is 1.12 bits per heavy atom. The minimum Gasteiger partial charge on any atom is -0.362 e. The Bertz CT molecular complexity index is 900. The van der Waals surface area contributed by atoms with Gasteiger partial charge in [-0.15, -0.1) is 0 Å². The summed E-state index contributed by atoms with van der Waals surface area (Å²) in [5, 5.41) is 8.26. The quantitative estimate of drug-likeness (QED) is 0.494. The number of pyridine rings is 1. The van der Waals surface area contributed by atoms with Crippen LogP contribution in [0.5, 0.6) is 0 Å². The highest BCUT2D eigenvalue weighted by molar-refractivity contribution is 7.80. The fourth-order valence-corrected chi connectivity index (χ4v) is 5.92. The molecule has 0 spiro atoms. The molecule has 1 aromatic heterocycles. The van der Waals surface area contributed by atoms with Gasteiger partial charge in [-0.1, -0.05) is 56.8 Å². The molecular weight excluding hydrogens is 436 g/mol. The maximum atomic E-state index is 6.31. The molecule has 0 amide bonds. The standard InChI is InChI=1S/C26H35ClN4S/c1-19-13-20(2)17-31(16-19)24-10-9-23(15-28-24)30-25(32)29-18-26(11-4-3-5-12-26)21-7-6-8-22(27)14-21/h6-10,14-15,19-20H,3-5,11-13,16-18H2,1-2H3,(H2,29,30,32). The first-order chi connectivity index (χ1) is 15.4. The van der Waals surface area contributed by atoms with E-state index < -0.39 is 0 Å². The van der Waals surface area contributed by atoms with Crippen molar-refractivity contribution in [2.45, 2.75) is 57.8 Å². The summed E-state index contributed by atoms with van der Waals surface area (Å²) in [7, 11) is 0. The molecule has 2 atom stereocenters. The Hall–Kier alpha value is -1.85. The van der Waals surface area contributed by atoms with E-state index >= 15 is 0 Å². The number of benzene rings is 1. The summed E-state index contributed by atoms with van der Waals surface area (Å²) in [6.07, 6.45) is 9.30. The molecule has 2 unspecified atom stereocenters. The first-order valence-electron chi connectivity index (χ1n) is 12.0. The molecule has 4 rings (SSSR count). The van der Waals surface area contributed by atoms with E-state index in [0.29, 0.717) is 16.9 Å². The lowest BCUT2D eigenvalue weighted by atomic mass is 9.69. The maximum absolute atomic E-state index is 6.31. The van der Waals surface area contributed by atoms with Crippen molar-refractivity contribution in [3.63, 3.8) is 0 Å². The Morgan fingerprint density at radius 2 is 1.88 bits per heavy atom. The van der Waals surface area contributed by atoms with Crippen molar-refractivity contribution in [2.75, 3.05) is 29.9 Å². The number of thiocarbonyl (C=S) groups is 1. The molecule has 4 nitrogen and oxygen atoms in total. The molecule has 2 heterocycles. The van der Waals surface area contributed by atoms with Gasteiger partial charge in [0.2, 0.25) is 0 Å². The van der Waals surface area contributed by atoms with Crippen LogP contribution in [0.2, 0.25) is 5.02 Å². The summed E-state index contributed by atoms with van der Waals surface area (Å²) in [4.78, 5) is 7.11. The van der Waals surface area contributed by atoms with Crippen LogP contribution in [0, 0.1) is 11.8 Å². The van der Waals surface area contributed by atoms with E-state index in [4.69, 9.17) is 28.8 Å². The maximum Gasteiger partial charge on any atom is 0.170 e. The summed E-state index contributed by atoms with van der Waals surface area (Å²) in [5.74, 6) is 2.47. The fourth-order valence-electron chi connectivity index (χ4n) is 5.54. The number of piperidine rings is 1. The normalized spacial score (nSPS) is 22.9. The average Bonchev–Trinajstić information content (AvgIpc) is 2.78. The molecule has 1 saturated carbocycles. The van der Waals surface area contributed by atoms with Crippen LogP contribution in [-0.4, -0.2) is 29.7 Å². The number of nitrogens with one attached hydrogen (secondary N) is 2. The van der Waals surface area contributed by atoms with E-state index in [1.165, 1.54) is 31.2 Å². The highest BCUT2D eigenvalue weighted by Gasteiger charge is 2.34. The molecule has 32 heavy (non-hydrogen) atoms. The van der Waals surface area contributed by atoms with Crippen molar-refractivity contribution >= 4 is 40.4 Å². The first kappa shape index (κ1) is 23.3. The van der Waals surface area contributed by atoms with Crippen LogP contribution in [0.3, 0.4) is 0 Å². The van der Waals surface area contributed by atoms with Crippen molar-refractivity contribution < 1.29 is 0 Å². The predicted octanol–water partition coefficient (Wildman–Crippen LogP) is 6.41. The molecular formula is C26H35ClN4S. The molecule has 2 fully saturated rings. The second-order valence-corrected chi connectivity index (χ2v) is 10.8. The van der Waals surface area contributed by atoms with Crippen LogP contribution in [-0.2, 0) is 5.41 Å². The number of aromatic nitrogens is 1. The Balaban J connectivity index is 1.36. The minimum absolute atomic E-state index is 0.0820. The van der Waals surface area contributed by atoms with E-state index in [9.17, 15) is 0 Å². The highest BCUT2D eigenvalue weighted by atomic mass is 35.5. The van der Waals surface area contributed by atoms with E-state index in [1.807, 2.05) is 12.3 Å². The number of nitrogens with zero attached hydrogens (tertiary/aromatic N) is 2. The molecule has 172 valence electrons. The van der Waals surface area contributed by atoms with Gasteiger partial charge >= 0.3 is 0 Å². The zero-order valence-corrected chi connectivity index (χ0v) is 20.8. The van der Waals surface area contributed by atoms with Crippen LogP contribution in [0.4, 0.5) is 11.5 Å². The zero-order valence-electron chi connectivity index (χ0n) is 19.2. The second kappa shape index (κ2) is 10.4. The molecule has 2 aromatic rings. The number of hydrogen-bond donors (Lipinski definition) is 2. The third kappa shape index (κ3) is 5.74. The van der Waals surface area contributed by atoms with Crippen LogP contribution < -0.4 is 15.5 Å². The molecule has 2 aliphatic rings. The summed E-state index contributed by atoms with van der Waals surface area (Å²) >= 11 is 11.9. The van der Waals surface area contributed by atoms with Crippen LogP contribution >= 0.6 is 23.8 Å². The molecule has 2 N–H and O–H groups in total. The van der Waals surface area contributed by atoms with Gasteiger partial charge in [-0.3, -0.25) is 0 Å². The van der Waals surface area contributed by atoms with Crippen molar-refractivity contribution in [1.82, 2.24) is 10.3 Å². The summed E-state index contributed by atoms with van der Waals surface area (Å²) in [6, 6.07) is 12.5. The molecule has 0 bridgehead atoms. The van der Waals surface area contributed by atoms with Crippen molar-refractivity contribution in [1.29, 1.82) is 0 Å². The molecule has 0 radical (unpaired) electrons. The molecule has 1 saturated heterocycles. The van der Waals surface area contributed by atoms with Gasteiger partial charge in [0.1, 0.15) is 5.82 Å². The van der Waals surface area contributed by atoms with E-state index in [-0.39, 0.29) is 5.41 Å². The van der Waals surface area contributed by atoms with Crippen LogP contribution in [0.1, 0.15) is 57.9 Å². The fraction of sp³-hybridized carbons (Fsp3) is 0.538. The molecule has 1 aliphatic carbocycles. The largest absolute Gasteiger partial charge is 0.362 e. The van der Waals surface area contributed by atoms with Gasteiger partial charge in [0.25, 0.3) is 0 Å². The Morgan fingerprint density at radius 3 is 2.53 bits per heavy atom. The highest BCUT2D eigenvalue weighted by Crippen LogP contribution is 2.39. The Labute approximate surface area is 203 Å². The number of halogens is 1. The van der Waals surface area contributed by atoms with Gasteiger partial charge < -0.3 is 15.5 Å². The summed E-state index contributed by atoms with van der Waals surface area (Å²) in [5.41, 5.74) is 2.32. The van der Waals surface area contributed by atoms with Gasteiger partial charge in [0, 0.05) is 30.1 Å². The predicted molar refractivity (Wildman–Crippen MR) is 140 cm³/mol. The third-order valence-corrected chi connectivity index (χ3v) is 7.52. The SMILES string of the molecule is CC1CC(C)CN(c2ccc(NC(=S)NCC3(c4cccc(Cl)c4)CCCCC3)cn2)C1. The van der Waals surface area contributed by atoms with Crippen molar-refractivity contribution in [3.8, 4) is 0 Å². The van der Waals surface area contributed by atoms with Crippen LogP contribution in [0.15, 0.2) is 42.6 Å². The second-order valence-electron chi connectivity index (χ2n) is 9.92. The summed E-state index contributed by atoms with van der Waals surface area (Å²) in [6.45, 7) is 7.62. The molecule has 6 heteroatoms. The minimum atomic E-state index is 0.0820. The lowest BCUT2D eigenvalue weighted by molar-refractivity contribution is 0.292. The van der Waals surface area contributed by atoms with Gasteiger partial charge in [0.05, 0.1) is 11.9 Å². The Kier molecular flexibility index (Phi) is 7.57. The van der Waals surface area contributed by atoms with E-state index in [1.54, 1.807) is 0 Å². The smallest absolute Gasteiger partial charge is 0.170 e. The van der Waals surface area contributed by atoms with E-state index in [2.05, 4.69) is 59.7 Å². The van der Waals surface area contributed by atoms with E-state index in [0.717, 1.165) is 49.0 Å². The zero-order chi connectivity index (χ0) is 22.6. The number of rotatable bonds is 5. The average molecular weight is 471 g/mol.